The van der Waals surface area contributed by atoms with E-state index in [0.717, 1.165) is 12.8 Å². The van der Waals surface area contributed by atoms with Gasteiger partial charge in [-0.3, -0.25) is 4.79 Å². The molecule has 5 heteroatoms. The van der Waals surface area contributed by atoms with E-state index in [0.29, 0.717) is 18.5 Å². The Labute approximate surface area is 111 Å². The number of carbonyl (C=O) groups excluding carboxylic acids is 1. The average Bonchev–Trinajstić information content (AvgIpc) is 2.57. The summed E-state index contributed by atoms with van der Waals surface area (Å²) in [6.07, 6.45) is 0.994. The molecule has 4 nitrogen and oxygen atoms in total. The first-order valence-electron chi connectivity index (χ1n) is 6.50. The maximum Gasteiger partial charge on any atom is 0.261 e. The summed E-state index contributed by atoms with van der Waals surface area (Å²) in [5.74, 6) is -0.710. The molecule has 2 N–H and O–H groups in total. The van der Waals surface area contributed by atoms with Gasteiger partial charge in [-0.25, -0.2) is 4.39 Å². The second-order valence-corrected chi connectivity index (χ2v) is 4.76. The number of aliphatic hydroxyl groups excluding tert-OH is 1. The van der Waals surface area contributed by atoms with Crippen molar-refractivity contribution >= 4 is 5.91 Å². The number of ether oxygens (including phenoxy) is 1. The van der Waals surface area contributed by atoms with Gasteiger partial charge >= 0.3 is 0 Å². The minimum Gasteiger partial charge on any atom is -0.478 e. The molecule has 1 aromatic carbocycles. The molecule has 1 aromatic rings. The van der Waals surface area contributed by atoms with Gasteiger partial charge in [0.1, 0.15) is 0 Å². The Morgan fingerprint density at radius 3 is 2.95 bits per heavy atom. The molecule has 1 fully saturated rings. The monoisotopic (exact) mass is 267 g/mol. The zero-order chi connectivity index (χ0) is 13.8. The Kier molecular flexibility index (Phi) is 4.37. The van der Waals surface area contributed by atoms with Crippen LogP contribution in [0.2, 0.25) is 0 Å². The van der Waals surface area contributed by atoms with Crippen molar-refractivity contribution in [3.05, 3.63) is 29.6 Å². The molecule has 1 saturated heterocycles. The zero-order valence-corrected chi connectivity index (χ0v) is 10.9. The van der Waals surface area contributed by atoms with Crippen LogP contribution in [0.1, 0.15) is 37.9 Å². The minimum absolute atomic E-state index is 0.0476. The van der Waals surface area contributed by atoms with Gasteiger partial charge in [-0.1, -0.05) is 6.07 Å². The SMILES string of the molecule is C[C@@H](O)c1ccc(OC2CCCCNC2=O)c(F)c1. The highest BCUT2D eigenvalue weighted by atomic mass is 19.1. The molecule has 0 spiro atoms. The summed E-state index contributed by atoms with van der Waals surface area (Å²) in [5, 5.41) is 12.1. The summed E-state index contributed by atoms with van der Waals surface area (Å²) in [5.41, 5.74) is 0.482. The van der Waals surface area contributed by atoms with Gasteiger partial charge in [0.2, 0.25) is 0 Å². The van der Waals surface area contributed by atoms with Crippen LogP contribution < -0.4 is 10.1 Å². The highest BCUT2D eigenvalue weighted by Crippen LogP contribution is 2.24. The van der Waals surface area contributed by atoms with Crippen molar-refractivity contribution in [1.29, 1.82) is 0 Å². The van der Waals surface area contributed by atoms with E-state index in [-0.39, 0.29) is 11.7 Å². The molecule has 1 aliphatic heterocycles. The maximum atomic E-state index is 13.8. The van der Waals surface area contributed by atoms with Crippen molar-refractivity contribution in [3.8, 4) is 5.75 Å². The Hall–Kier alpha value is -1.62. The molecule has 0 saturated carbocycles. The number of benzene rings is 1. The quantitative estimate of drug-likeness (QED) is 0.879. The molecule has 104 valence electrons. The summed E-state index contributed by atoms with van der Waals surface area (Å²) >= 11 is 0. The number of halogens is 1. The first kappa shape index (κ1) is 13.8. The first-order chi connectivity index (χ1) is 9.08. The van der Waals surface area contributed by atoms with Gasteiger partial charge < -0.3 is 15.2 Å². The van der Waals surface area contributed by atoms with E-state index >= 15 is 0 Å². The maximum absolute atomic E-state index is 13.8. The predicted octanol–water partition coefficient (Wildman–Crippen LogP) is 1.93. The lowest BCUT2D eigenvalue weighted by atomic mass is 10.1. The number of aliphatic hydroxyl groups is 1. The molecular weight excluding hydrogens is 249 g/mol. The Bertz CT molecular complexity index is 462. The smallest absolute Gasteiger partial charge is 0.261 e. The molecule has 1 unspecified atom stereocenters. The minimum atomic E-state index is -0.732. The van der Waals surface area contributed by atoms with Crippen LogP contribution in [0.25, 0.3) is 0 Å². The fourth-order valence-corrected chi connectivity index (χ4v) is 2.05. The zero-order valence-electron chi connectivity index (χ0n) is 10.9. The van der Waals surface area contributed by atoms with E-state index in [1.165, 1.54) is 12.1 Å². The van der Waals surface area contributed by atoms with Gasteiger partial charge in [0.25, 0.3) is 5.91 Å². The van der Waals surface area contributed by atoms with Crippen molar-refractivity contribution in [2.75, 3.05) is 6.54 Å². The summed E-state index contributed by atoms with van der Waals surface area (Å²) in [6.45, 7) is 2.20. The second-order valence-electron chi connectivity index (χ2n) is 4.76. The third kappa shape index (κ3) is 3.44. The molecule has 1 heterocycles. The summed E-state index contributed by atoms with van der Waals surface area (Å²) in [7, 11) is 0. The third-order valence-electron chi connectivity index (χ3n) is 3.19. The molecule has 1 amide bonds. The van der Waals surface area contributed by atoms with Crippen LogP contribution in [0.5, 0.6) is 5.75 Å². The van der Waals surface area contributed by atoms with E-state index in [1.807, 2.05) is 0 Å². The van der Waals surface area contributed by atoms with Crippen molar-refractivity contribution in [2.45, 2.75) is 38.4 Å². The van der Waals surface area contributed by atoms with E-state index in [2.05, 4.69) is 5.32 Å². The fourth-order valence-electron chi connectivity index (χ4n) is 2.05. The molecular formula is C14H18FNO3. The van der Waals surface area contributed by atoms with Crippen molar-refractivity contribution in [2.24, 2.45) is 0 Å². The van der Waals surface area contributed by atoms with E-state index < -0.39 is 18.0 Å². The van der Waals surface area contributed by atoms with Gasteiger partial charge in [0.15, 0.2) is 17.7 Å². The number of carbonyl (C=O) groups is 1. The number of hydrogen-bond acceptors (Lipinski definition) is 3. The number of nitrogens with one attached hydrogen (secondary N) is 1. The highest BCUT2D eigenvalue weighted by Gasteiger charge is 2.23. The van der Waals surface area contributed by atoms with Gasteiger partial charge in [-0.05, 0) is 43.9 Å². The lowest BCUT2D eigenvalue weighted by Gasteiger charge is -2.17. The first-order valence-corrected chi connectivity index (χ1v) is 6.50. The molecule has 0 aliphatic carbocycles. The highest BCUT2D eigenvalue weighted by molar-refractivity contribution is 5.81. The van der Waals surface area contributed by atoms with Crippen molar-refractivity contribution in [3.63, 3.8) is 0 Å². The van der Waals surface area contributed by atoms with Crippen LogP contribution >= 0.6 is 0 Å². The van der Waals surface area contributed by atoms with E-state index in [4.69, 9.17) is 4.74 Å². The lowest BCUT2D eigenvalue weighted by Crippen LogP contribution is -2.36. The van der Waals surface area contributed by atoms with Crippen LogP contribution in [-0.2, 0) is 4.79 Å². The molecule has 0 bridgehead atoms. The van der Waals surface area contributed by atoms with Crippen LogP contribution in [0.15, 0.2) is 18.2 Å². The van der Waals surface area contributed by atoms with Gasteiger partial charge in [-0.2, -0.15) is 0 Å². The Morgan fingerprint density at radius 1 is 1.47 bits per heavy atom. The molecule has 19 heavy (non-hydrogen) atoms. The summed E-state index contributed by atoms with van der Waals surface area (Å²) < 4.78 is 19.3. The number of rotatable bonds is 3. The predicted molar refractivity (Wildman–Crippen MR) is 68.3 cm³/mol. The van der Waals surface area contributed by atoms with Gasteiger partial charge in [0, 0.05) is 6.54 Å². The van der Waals surface area contributed by atoms with Crippen LogP contribution in [0, 0.1) is 5.82 Å². The van der Waals surface area contributed by atoms with Crippen LogP contribution in [0.3, 0.4) is 0 Å². The fraction of sp³-hybridized carbons (Fsp3) is 0.500. The molecule has 2 rings (SSSR count). The lowest BCUT2D eigenvalue weighted by molar-refractivity contribution is -0.127. The van der Waals surface area contributed by atoms with Gasteiger partial charge in [-0.15, -0.1) is 0 Å². The average molecular weight is 267 g/mol. The largest absolute Gasteiger partial charge is 0.478 e. The third-order valence-corrected chi connectivity index (χ3v) is 3.19. The second kappa shape index (κ2) is 6.02. The topological polar surface area (TPSA) is 58.6 Å². The number of hydrogen-bond donors (Lipinski definition) is 2. The molecule has 0 radical (unpaired) electrons. The Morgan fingerprint density at radius 2 is 2.26 bits per heavy atom. The summed E-state index contributed by atoms with van der Waals surface area (Å²) in [6, 6.07) is 4.28. The number of amides is 1. The van der Waals surface area contributed by atoms with Crippen molar-refractivity contribution in [1.82, 2.24) is 5.32 Å². The van der Waals surface area contributed by atoms with Crippen molar-refractivity contribution < 1.29 is 19.0 Å². The van der Waals surface area contributed by atoms with E-state index in [1.54, 1.807) is 13.0 Å². The Balaban J connectivity index is 2.11. The normalized spacial score (nSPS) is 21.4. The molecule has 1 aliphatic rings. The summed E-state index contributed by atoms with van der Waals surface area (Å²) in [4.78, 5) is 11.7. The van der Waals surface area contributed by atoms with Gasteiger partial charge in [0.05, 0.1) is 6.10 Å². The van der Waals surface area contributed by atoms with Crippen LogP contribution in [-0.4, -0.2) is 23.7 Å². The van der Waals surface area contributed by atoms with Crippen LogP contribution in [0.4, 0.5) is 4.39 Å². The molecule has 0 aromatic heterocycles. The standard InChI is InChI=1S/C14H18FNO3/c1-9(17)10-5-6-12(11(15)8-10)19-13-4-2-3-7-16-14(13)18/h5-6,8-9,13,17H,2-4,7H2,1H3,(H,16,18)/t9-,13?/m1/s1. The molecule has 2 atom stereocenters. The van der Waals surface area contributed by atoms with E-state index in [9.17, 15) is 14.3 Å².